The lowest BCUT2D eigenvalue weighted by Crippen LogP contribution is -2.19. The first kappa shape index (κ1) is 13.7. The van der Waals surface area contributed by atoms with Crippen LogP contribution in [0.3, 0.4) is 0 Å². The number of benzene rings is 1. The van der Waals surface area contributed by atoms with Crippen molar-refractivity contribution in [3.05, 3.63) is 42.0 Å². The van der Waals surface area contributed by atoms with Crippen LogP contribution in [0.15, 0.2) is 35.8 Å². The Hall–Kier alpha value is -1.41. The van der Waals surface area contributed by atoms with Gasteiger partial charge in [-0.15, -0.1) is 0 Å². The lowest BCUT2D eigenvalue weighted by Gasteiger charge is -2.16. The van der Waals surface area contributed by atoms with Crippen molar-refractivity contribution in [3.63, 3.8) is 0 Å². The van der Waals surface area contributed by atoms with Gasteiger partial charge in [0.05, 0.1) is 0 Å². The average Bonchev–Trinajstić information content (AvgIpc) is 2.36. The molecule has 0 fully saturated rings. The molecule has 0 aromatic heterocycles. The predicted molar refractivity (Wildman–Crippen MR) is 76.5 cm³/mol. The summed E-state index contributed by atoms with van der Waals surface area (Å²) in [7, 11) is 2.15. The van der Waals surface area contributed by atoms with Crippen molar-refractivity contribution in [1.82, 2.24) is 4.90 Å². The second-order valence-electron chi connectivity index (χ2n) is 4.20. The first-order valence-corrected chi connectivity index (χ1v) is 6.10. The summed E-state index contributed by atoms with van der Waals surface area (Å²) in [6, 6.07) is 8.55. The molecule has 0 saturated carbocycles. The van der Waals surface area contributed by atoms with E-state index < -0.39 is 0 Å². The molecule has 0 aliphatic heterocycles. The summed E-state index contributed by atoms with van der Waals surface area (Å²) in [6.07, 6.45) is 4.86. The maximum Gasteiger partial charge on any atom is 0.0397 e. The molecular weight excluding hydrogens is 208 g/mol. The lowest BCUT2D eigenvalue weighted by atomic mass is 10.1. The zero-order valence-corrected chi connectivity index (χ0v) is 10.9. The van der Waals surface area contributed by atoms with Crippen LogP contribution < -0.4 is 0 Å². The Morgan fingerprint density at radius 2 is 2.00 bits per heavy atom. The molecule has 0 aliphatic carbocycles. The molecule has 0 N–H and O–H groups in total. The van der Waals surface area contributed by atoms with E-state index in [1.54, 1.807) is 0 Å². The lowest BCUT2D eigenvalue weighted by molar-refractivity contribution is 0.324. The zero-order valence-electron chi connectivity index (χ0n) is 10.9. The van der Waals surface area contributed by atoms with Gasteiger partial charge >= 0.3 is 0 Å². The standard InChI is InChI=1S/C15H22N2/c1-4-14-7-9-15(10-8-14)13-17(3)12-6-11-16-5-2/h4-5,7-10H,1,6,11-13H2,2-3H3. The Balaban J connectivity index is 2.33. The smallest absolute Gasteiger partial charge is 0.0397 e. The topological polar surface area (TPSA) is 15.6 Å². The molecule has 0 saturated heterocycles. The summed E-state index contributed by atoms with van der Waals surface area (Å²) in [4.78, 5) is 6.54. The number of hydrogen-bond donors (Lipinski definition) is 0. The first-order chi connectivity index (χ1) is 8.26. The molecular formula is C15H22N2. The fourth-order valence-corrected chi connectivity index (χ4v) is 1.71. The molecule has 1 rings (SSSR count). The summed E-state index contributed by atoms with van der Waals surface area (Å²) in [5.74, 6) is 0. The van der Waals surface area contributed by atoms with E-state index in [2.05, 4.69) is 47.8 Å². The summed E-state index contributed by atoms with van der Waals surface area (Å²) >= 11 is 0. The Kier molecular flexibility index (Phi) is 6.26. The van der Waals surface area contributed by atoms with Gasteiger partial charge in [0.25, 0.3) is 0 Å². The van der Waals surface area contributed by atoms with Crippen LogP contribution in [0, 0.1) is 0 Å². The van der Waals surface area contributed by atoms with Crippen LogP contribution >= 0.6 is 0 Å². The molecule has 1 aromatic carbocycles. The number of rotatable bonds is 7. The van der Waals surface area contributed by atoms with E-state index in [4.69, 9.17) is 0 Å². The minimum Gasteiger partial charge on any atom is -0.302 e. The molecule has 17 heavy (non-hydrogen) atoms. The van der Waals surface area contributed by atoms with Crippen molar-refractivity contribution in [2.75, 3.05) is 20.1 Å². The van der Waals surface area contributed by atoms with Crippen molar-refractivity contribution < 1.29 is 0 Å². The molecule has 0 atom stereocenters. The highest BCUT2D eigenvalue weighted by Gasteiger charge is 1.99. The van der Waals surface area contributed by atoms with E-state index >= 15 is 0 Å². The highest BCUT2D eigenvalue weighted by atomic mass is 15.1. The summed E-state index contributed by atoms with van der Waals surface area (Å²) in [5.41, 5.74) is 2.52. The molecule has 0 amide bonds. The van der Waals surface area contributed by atoms with Gasteiger partial charge in [0.2, 0.25) is 0 Å². The quantitative estimate of drug-likeness (QED) is 0.518. The number of hydrogen-bond acceptors (Lipinski definition) is 2. The van der Waals surface area contributed by atoms with Crippen molar-refractivity contribution in [2.24, 2.45) is 4.99 Å². The van der Waals surface area contributed by atoms with Gasteiger partial charge in [0.1, 0.15) is 0 Å². The van der Waals surface area contributed by atoms with Crippen LogP contribution in [0.4, 0.5) is 0 Å². The van der Waals surface area contributed by atoms with Crippen LogP contribution in [-0.4, -0.2) is 31.3 Å². The van der Waals surface area contributed by atoms with Crippen LogP contribution in [0.2, 0.25) is 0 Å². The highest BCUT2D eigenvalue weighted by Crippen LogP contribution is 2.07. The number of aliphatic imine (C=N–C) groups is 1. The minimum absolute atomic E-state index is 0.927. The van der Waals surface area contributed by atoms with E-state index in [9.17, 15) is 0 Å². The van der Waals surface area contributed by atoms with Crippen LogP contribution in [0.5, 0.6) is 0 Å². The van der Waals surface area contributed by atoms with Crippen LogP contribution in [-0.2, 0) is 6.54 Å². The average molecular weight is 230 g/mol. The van der Waals surface area contributed by atoms with Gasteiger partial charge in [-0.1, -0.05) is 36.9 Å². The Morgan fingerprint density at radius 1 is 1.29 bits per heavy atom. The van der Waals surface area contributed by atoms with E-state index in [0.717, 1.165) is 26.1 Å². The van der Waals surface area contributed by atoms with E-state index in [1.165, 1.54) is 11.1 Å². The van der Waals surface area contributed by atoms with Crippen molar-refractivity contribution >= 4 is 12.3 Å². The molecule has 0 spiro atoms. The second kappa shape index (κ2) is 7.80. The predicted octanol–water partition coefficient (Wildman–Crippen LogP) is 3.24. The van der Waals surface area contributed by atoms with E-state index in [1.807, 2.05) is 19.2 Å². The van der Waals surface area contributed by atoms with E-state index in [0.29, 0.717) is 0 Å². The van der Waals surface area contributed by atoms with Crippen LogP contribution in [0.1, 0.15) is 24.5 Å². The molecule has 1 aromatic rings. The number of nitrogens with zero attached hydrogens (tertiary/aromatic N) is 2. The van der Waals surface area contributed by atoms with Gasteiger partial charge in [0, 0.05) is 13.1 Å². The molecule has 2 heteroatoms. The molecule has 0 heterocycles. The fourth-order valence-electron chi connectivity index (χ4n) is 1.71. The van der Waals surface area contributed by atoms with Crippen molar-refractivity contribution in [2.45, 2.75) is 19.9 Å². The SMILES string of the molecule is C=Cc1ccc(CN(C)CCCN=CC)cc1. The normalized spacial score (nSPS) is 11.2. The third kappa shape index (κ3) is 5.45. The maximum atomic E-state index is 4.21. The van der Waals surface area contributed by atoms with Gasteiger partial charge in [-0.25, -0.2) is 0 Å². The molecule has 0 bridgehead atoms. The fraction of sp³-hybridized carbons (Fsp3) is 0.400. The van der Waals surface area contributed by atoms with Crippen molar-refractivity contribution in [1.29, 1.82) is 0 Å². The Labute approximate surface area is 105 Å². The first-order valence-electron chi connectivity index (χ1n) is 6.10. The zero-order chi connectivity index (χ0) is 12.5. The summed E-state index contributed by atoms with van der Waals surface area (Å²) in [5, 5.41) is 0. The minimum atomic E-state index is 0.927. The largest absolute Gasteiger partial charge is 0.302 e. The molecule has 0 aliphatic rings. The molecule has 0 radical (unpaired) electrons. The maximum absolute atomic E-state index is 4.21. The van der Waals surface area contributed by atoms with E-state index in [-0.39, 0.29) is 0 Å². The molecule has 92 valence electrons. The highest BCUT2D eigenvalue weighted by molar-refractivity contribution is 5.53. The van der Waals surface area contributed by atoms with Gasteiger partial charge in [-0.3, -0.25) is 4.99 Å². The Bertz CT molecular complexity index is 352. The molecule has 0 unspecified atom stereocenters. The van der Waals surface area contributed by atoms with Gasteiger partial charge < -0.3 is 4.90 Å². The van der Waals surface area contributed by atoms with Crippen LogP contribution in [0.25, 0.3) is 6.08 Å². The van der Waals surface area contributed by atoms with Crippen molar-refractivity contribution in [3.8, 4) is 0 Å². The second-order valence-corrected chi connectivity index (χ2v) is 4.20. The third-order valence-electron chi connectivity index (χ3n) is 2.68. The van der Waals surface area contributed by atoms with Gasteiger partial charge in [-0.05, 0) is 44.3 Å². The third-order valence-corrected chi connectivity index (χ3v) is 2.68. The monoisotopic (exact) mass is 230 g/mol. The Morgan fingerprint density at radius 3 is 2.59 bits per heavy atom. The summed E-state index contributed by atoms with van der Waals surface area (Å²) < 4.78 is 0. The summed E-state index contributed by atoms with van der Waals surface area (Å²) in [6.45, 7) is 8.72. The van der Waals surface area contributed by atoms with Gasteiger partial charge in [0.15, 0.2) is 0 Å². The van der Waals surface area contributed by atoms with Gasteiger partial charge in [-0.2, -0.15) is 0 Å². The molecule has 2 nitrogen and oxygen atoms in total.